The highest BCUT2D eigenvalue weighted by Crippen LogP contribution is 2.39. The maximum absolute atomic E-state index is 14.5. The van der Waals surface area contributed by atoms with Crippen LogP contribution in [0.2, 0.25) is 5.02 Å². The highest BCUT2D eigenvalue weighted by atomic mass is 35.5. The molecule has 0 bridgehead atoms. The van der Waals surface area contributed by atoms with Gasteiger partial charge >= 0.3 is 0 Å². The monoisotopic (exact) mass is 454 g/mol. The number of benzene rings is 3. The predicted molar refractivity (Wildman–Crippen MR) is 126 cm³/mol. The normalized spacial score (nSPS) is 17.3. The standard InChI is InChI=1S/C26H28ClFN2O2/c1-31-21-12-13-25(32-2)22(16-21)26-29(17-19-8-3-5-10-23(19)27)14-7-15-30(26)18-20-9-4-6-11-24(20)28/h3-6,8-13,16,26H,7,14-15,17-18H2,1-2H3. The molecule has 1 heterocycles. The number of rotatable bonds is 7. The molecule has 1 aliphatic heterocycles. The van der Waals surface area contributed by atoms with Gasteiger partial charge in [-0.05, 0) is 42.3 Å². The van der Waals surface area contributed by atoms with Gasteiger partial charge in [0.2, 0.25) is 0 Å². The van der Waals surface area contributed by atoms with Gasteiger partial charge in [-0.15, -0.1) is 0 Å². The number of hydrogen-bond donors (Lipinski definition) is 0. The van der Waals surface area contributed by atoms with Crippen molar-refractivity contribution in [3.63, 3.8) is 0 Å². The summed E-state index contributed by atoms with van der Waals surface area (Å²) in [5.74, 6) is 1.35. The minimum atomic E-state index is -0.188. The summed E-state index contributed by atoms with van der Waals surface area (Å²) in [6.45, 7) is 2.91. The van der Waals surface area contributed by atoms with E-state index in [2.05, 4.69) is 15.9 Å². The molecular formula is C26H28ClFN2O2. The summed E-state index contributed by atoms with van der Waals surface area (Å²) >= 11 is 6.50. The molecule has 0 spiro atoms. The van der Waals surface area contributed by atoms with E-state index in [9.17, 15) is 4.39 Å². The average Bonchev–Trinajstić information content (AvgIpc) is 2.82. The first-order valence-electron chi connectivity index (χ1n) is 10.8. The van der Waals surface area contributed by atoms with Gasteiger partial charge in [-0.3, -0.25) is 9.80 Å². The van der Waals surface area contributed by atoms with Gasteiger partial charge in [0, 0.05) is 42.3 Å². The van der Waals surface area contributed by atoms with E-state index in [-0.39, 0.29) is 12.0 Å². The van der Waals surface area contributed by atoms with E-state index in [0.29, 0.717) is 18.7 Å². The zero-order valence-corrected chi connectivity index (χ0v) is 19.2. The summed E-state index contributed by atoms with van der Waals surface area (Å²) in [7, 11) is 3.33. The molecule has 0 aromatic heterocycles. The van der Waals surface area contributed by atoms with E-state index in [1.807, 2.05) is 48.5 Å². The fraction of sp³-hybridized carbons (Fsp3) is 0.308. The first kappa shape index (κ1) is 22.6. The second kappa shape index (κ2) is 10.3. The van der Waals surface area contributed by atoms with Crippen molar-refractivity contribution < 1.29 is 13.9 Å². The van der Waals surface area contributed by atoms with Crippen LogP contribution in [0.5, 0.6) is 11.5 Å². The third-order valence-electron chi connectivity index (χ3n) is 5.96. The SMILES string of the molecule is COc1ccc(OC)c(C2N(Cc3ccccc3F)CCCN2Cc2ccccc2Cl)c1. The molecule has 6 heteroatoms. The fourth-order valence-electron chi connectivity index (χ4n) is 4.41. The van der Waals surface area contributed by atoms with E-state index in [1.54, 1.807) is 20.3 Å². The van der Waals surface area contributed by atoms with Crippen LogP contribution < -0.4 is 9.47 Å². The number of hydrogen-bond acceptors (Lipinski definition) is 4. The molecule has 168 valence electrons. The highest BCUT2D eigenvalue weighted by molar-refractivity contribution is 6.31. The van der Waals surface area contributed by atoms with Crippen molar-refractivity contribution in [1.82, 2.24) is 9.80 Å². The quantitative estimate of drug-likeness (QED) is 0.443. The Labute approximate surface area is 194 Å². The minimum Gasteiger partial charge on any atom is -0.497 e. The van der Waals surface area contributed by atoms with Crippen LogP contribution in [0.15, 0.2) is 66.7 Å². The largest absolute Gasteiger partial charge is 0.497 e. The fourth-order valence-corrected chi connectivity index (χ4v) is 4.60. The summed E-state index contributed by atoms with van der Waals surface area (Å²) in [4.78, 5) is 4.68. The summed E-state index contributed by atoms with van der Waals surface area (Å²) in [6, 6.07) is 20.7. The maximum atomic E-state index is 14.5. The molecule has 0 aliphatic carbocycles. The van der Waals surface area contributed by atoms with Crippen LogP contribution in [0.4, 0.5) is 4.39 Å². The Kier molecular flexibility index (Phi) is 7.30. The van der Waals surface area contributed by atoms with Crippen LogP contribution in [0.3, 0.4) is 0 Å². The van der Waals surface area contributed by atoms with Crippen molar-refractivity contribution in [2.75, 3.05) is 27.3 Å². The van der Waals surface area contributed by atoms with Gasteiger partial charge in [-0.1, -0.05) is 48.0 Å². The molecule has 0 amide bonds. The number of nitrogens with zero attached hydrogens (tertiary/aromatic N) is 2. The predicted octanol–water partition coefficient (Wildman–Crippen LogP) is 5.90. The van der Waals surface area contributed by atoms with E-state index >= 15 is 0 Å². The van der Waals surface area contributed by atoms with Crippen LogP contribution in [0, 0.1) is 5.82 Å². The third kappa shape index (κ3) is 4.90. The minimum absolute atomic E-state index is 0.121. The van der Waals surface area contributed by atoms with Crippen molar-refractivity contribution in [1.29, 1.82) is 0 Å². The van der Waals surface area contributed by atoms with Crippen LogP contribution >= 0.6 is 11.6 Å². The van der Waals surface area contributed by atoms with Crippen LogP contribution in [-0.4, -0.2) is 37.1 Å². The van der Waals surface area contributed by atoms with Crippen LogP contribution in [0.25, 0.3) is 0 Å². The smallest absolute Gasteiger partial charge is 0.127 e. The lowest BCUT2D eigenvalue weighted by molar-refractivity contribution is -0.0110. The van der Waals surface area contributed by atoms with Crippen molar-refractivity contribution >= 4 is 11.6 Å². The summed E-state index contributed by atoms with van der Waals surface area (Å²) in [6.07, 6.45) is 0.853. The first-order valence-corrected chi connectivity index (χ1v) is 11.2. The Balaban J connectivity index is 1.75. The second-order valence-electron chi connectivity index (χ2n) is 7.96. The third-order valence-corrected chi connectivity index (χ3v) is 6.33. The molecule has 32 heavy (non-hydrogen) atoms. The number of ether oxygens (including phenoxy) is 2. The first-order chi connectivity index (χ1) is 15.6. The second-order valence-corrected chi connectivity index (χ2v) is 8.37. The van der Waals surface area contributed by atoms with Crippen molar-refractivity contribution in [3.05, 3.63) is 94.3 Å². The molecule has 3 aromatic carbocycles. The molecule has 0 radical (unpaired) electrons. The molecule has 3 aromatic rings. The molecule has 1 saturated heterocycles. The molecule has 0 N–H and O–H groups in total. The zero-order valence-electron chi connectivity index (χ0n) is 18.4. The van der Waals surface area contributed by atoms with Crippen molar-refractivity contribution in [2.24, 2.45) is 0 Å². The van der Waals surface area contributed by atoms with Gasteiger partial charge in [-0.25, -0.2) is 4.39 Å². The molecular weight excluding hydrogens is 427 g/mol. The molecule has 0 saturated carbocycles. The summed E-state index contributed by atoms with van der Waals surface area (Å²) in [5.41, 5.74) is 2.74. The van der Waals surface area contributed by atoms with Crippen molar-refractivity contribution in [2.45, 2.75) is 25.7 Å². The number of methoxy groups -OCH3 is 2. The lowest BCUT2D eigenvalue weighted by Crippen LogP contribution is -2.47. The lowest BCUT2D eigenvalue weighted by atomic mass is 10.0. The Bertz CT molecular complexity index is 1010. The van der Waals surface area contributed by atoms with E-state index < -0.39 is 0 Å². The van der Waals surface area contributed by atoms with E-state index in [1.165, 1.54) is 6.07 Å². The maximum Gasteiger partial charge on any atom is 0.127 e. The van der Waals surface area contributed by atoms with Gasteiger partial charge in [0.15, 0.2) is 0 Å². The summed E-state index contributed by atoms with van der Waals surface area (Å²) < 4.78 is 25.8. The molecule has 4 nitrogen and oxygen atoms in total. The van der Waals surface area contributed by atoms with Gasteiger partial charge in [-0.2, -0.15) is 0 Å². The molecule has 4 rings (SSSR count). The molecule has 1 fully saturated rings. The van der Waals surface area contributed by atoms with Crippen molar-refractivity contribution in [3.8, 4) is 11.5 Å². The van der Waals surface area contributed by atoms with E-state index in [0.717, 1.165) is 47.2 Å². The van der Waals surface area contributed by atoms with Gasteiger partial charge in [0.25, 0.3) is 0 Å². The Morgan fingerprint density at radius 1 is 0.875 bits per heavy atom. The van der Waals surface area contributed by atoms with Crippen LogP contribution in [0.1, 0.15) is 29.3 Å². The lowest BCUT2D eigenvalue weighted by Gasteiger charge is -2.45. The Hall–Kier alpha value is -2.60. The van der Waals surface area contributed by atoms with Gasteiger partial charge in [0.1, 0.15) is 17.3 Å². The highest BCUT2D eigenvalue weighted by Gasteiger charge is 2.33. The molecule has 1 unspecified atom stereocenters. The van der Waals surface area contributed by atoms with Crippen LogP contribution in [-0.2, 0) is 13.1 Å². The zero-order chi connectivity index (χ0) is 22.5. The topological polar surface area (TPSA) is 24.9 Å². The van der Waals surface area contributed by atoms with Gasteiger partial charge in [0.05, 0.1) is 20.4 Å². The summed E-state index contributed by atoms with van der Waals surface area (Å²) in [5, 5.41) is 0.745. The Morgan fingerprint density at radius 2 is 1.53 bits per heavy atom. The molecule has 1 atom stereocenters. The Morgan fingerprint density at radius 3 is 2.19 bits per heavy atom. The van der Waals surface area contributed by atoms with Gasteiger partial charge < -0.3 is 9.47 Å². The van der Waals surface area contributed by atoms with E-state index in [4.69, 9.17) is 21.1 Å². The number of halogens is 2. The molecule has 1 aliphatic rings. The average molecular weight is 455 g/mol.